The van der Waals surface area contributed by atoms with Crippen LogP contribution in [0.1, 0.15) is 52.0 Å². The van der Waals surface area contributed by atoms with Crippen molar-refractivity contribution >= 4 is 22.4 Å². The van der Waals surface area contributed by atoms with Gasteiger partial charge >= 0.3 is 0 Å². The topological polar surface area (TPSA) is 83.5 Å². The minimum absolute atomic E-state index is 0.211. The lowest BCUT2D eigenvalue weighted by atomic mass is 10.1. The second-order valence-electron chi connectivity index (χ2n) is 11.4. The van der Waals surface area contributed by atoms with Crippen molar-refractivity contribution in [1.82, 2.24) is 24.4 Å². The van der Waals surface area contributed by atoms with Gasteiger partial charge in [-0.1, -0.05) is 63.1 Å². The summed E-state index contributed by atoms with van der Waals surface area (Å²) in [5, 5.41) is 9.47. The summed E-state index contributed by atoms with van der Waals surface area (Å²) in [6, 6.07) is 25.6. The summed E-state index contributed by atoms with van der Waals surface area (Å²) in [4.78, 5) is 18.7. The molecule has 0 fully saturated rings. The lowest BCUT2D eigenvalue weighted by Crippen LogP contribution is -2.23. The number of benzene rings is 3. The van der Waals surface area contributed by atoms with Gasteiger partial charge in [0.05, 0.1) is 23.4 Å². The maximum Gasteiger partial charge on any atom is 0.291 e. The van der Waals surface area contributed by atoms with E-state index in [9.17, 15) is 4.79 Å². The number of unbranched alkanes of at least 4 members (excludes halogenated alkanes) is 2. The smallest absolute Gasteiger partial charge is 0.291 e. The highest BCUT2D eigenvalue weighted by Crippen LogP contribution is 2.27. The number of hydrogen-bond donors (Lipinski definition) is 0. The number of thiazole rings is 1. The third kappa shape index (κ3) is 7.15. The van der Waals surface area contributed by atoms with Gasteiger partial charge in [-0.3, -0.25) is 4.79 Å². The molecule has 0 N–H and O–H groups in total. The van der Waals surface area contributed by atoms with E-state index >= 15 is 0 Å². The lowest BCUT2D eigenvalue weighted by molar-refractivity contribution is 0.289. The van der Waals surface area contributed by atoms with Gasteiger partial charge in [0, 0.05) is 22.9 Å². The van der Waals surface area contributed by atoms with Crippen molar-refractivity contribution in [3.8, 4) is 39.8 Å². The Labute approximate surface area is 266 Å². The fourth-order valence-corrected chi connectivity index (χ4v) is 5.79. The van der Waals surface area contributed by atoms with Crippen molar-refractivity contribution in [2.24, 2.45) is 5.92 Å². The van der Waals surface area contributed by atoms with E-state index in [4.69, 9.17) is 14.6 Å². The molecule has 0 saturated heterocycles. The Balaban J connectivity index is 1.29. The molecular weight excluding hydrogens is 582 g/mol. The Morgan fingerprint density at radius 1 is 0.844 bits per heavy atom. The van der Waals surface area contributed by atoms with Crippen molar-refractivity contribution in [3.05, 3.63) is 106 Å². The molecule has 9 heteroatoms. The maximum absolute atomic E-state index is 13.5. The molecule has 0 amide bonds. The molecule has 6 rings (SSSR count). The van der Waals surface area contributed by atoms with Crippen LogP contribution >= 0.6 is 11.3 Å². The molecule has 230 valence electrons. The van der Waals surface area contributed by atoms with E-state index in [2.05, 4.69) is 30.9 Å². The molecule has 45 heavy (non-hydrogen) atoms. The van der Waals surface area contributed by atoms with Crippen LogP contribution in [0.25, 0.3) is 39.4 Å². The molecule has 3 aromatic heterocycles. The molecule has 6 aromatic rings. The molecule has 0 aliphatic rings. The molecular formula is C36H37N5O3S. The summed E-state index contributed by atoms with van der Waals surface area (Å²) in [6.45, 7) is 7.93. The molecule has 8 nitrogen and oxygen atoms in total. The van der Waals surface area contributed by atoms with Crippen LogP contribution < -0.4 is 19.6 Å². The normalized spacial score (nSPS) is 12.0. The molecule has 0 saturated carbocycles. The van der Waals surface area contributed by atoms with Gasteiger partial charge in [0.25, 0.3) is 5.56 Å². The van der Waals surface area contributed by atoms with E-state index in [1.54, 1.807) is 0 Å². The Morgan fingerprint density at radius 3 is 2.20 bits per heavy atom. The number of fused-ring (bicyclic) bond motifs is 1. The number of nitrogens with zero attached hydrogens (tertiary/aromatic N) is 5. The lowest BCUT2D eigenvalue weighted by Gasteiger charge is -2.08. The fourth-order valence-electron chi connectivity index (χ4n) is 4.89. The van der Waals surface area contributed by atoms with Gasteiger partial charge in [-0.15, -0.1) is 5.10 Å². The predicted molar refractivity (Wildman–Crippen MR) is 180 cm³/mol. The predicted octanol–water partition coefficient (Wildman–Crippen LogP) is 7.21. The van der Waals surface area contributed by atoms with Crippen LogP contribution in [-0.4, -0.2) is 37.6 Å². The number of para-hydroxylation sites is 1. The van der Waals surface area contributed by atoms with Gasteiger partial charge in [-0.25, -0.2) is 4.68 Å². The maximum atomic E-state index is 13.5. The molecule has 0 bridgehead atoms. The third-order valence-corrected chi connectivity index (χ3v) is 8.41. The summed E-state index contributed by atoms with van der Waals surface area (Å²) in [5.74, 6) is 2.74. The highest BCUT2D eigenvalue weighted by Gasteiger charge is 2.15. The fraction of sp³-hybridized carbons (Fsp3) is 0.278. The van der Waals surface area contributed by atoms with E-state index in [0.717, 1.165) is 65.3 Å². The highest BCUT2D eigenvalue weighted by molar-refractivity contribution is 7.15. The van der Waals surface area contributed by atoms with Crippen LogP contribution in [-0.2, 0) is 0 Å². The summed E-state index contributed by atoms with van der Waals surface area (Å²) in [5.41, 5.74) is 4.07. The van der Waals surface area contributed by atoms with Gasteiger partial charge in [0.15, 0.2) is 5.82 Å². The summed E-state index contributed by atoms with van der Waals surface area (Å²) in [6.07, 6.45) is 8.18. The molecule has 0 spiro atoms. The van der Waals surface area contributed by atoms with E-state index in [0.29, 0.717) is 34.4 Å². The summed E-state index contributed by atoms with van der Waals surface area (Å²) >= 11 is 1.32. The van der Waals surface area contributed by atoms with Crippen molar-refractivity contribution in [3.63, 3.8) is 0 Å². The molecule has 0 aliphatic heterocycles. The average Bonchev–Trinajstić information content (AvgIpc) is 3.75. The summed E-state index contributed by atoms with van der Waals surface area (Å²) in [7, 11) is 0. The first kappa shape index (κ1) is 30.3. The Morgan fingerprint density at radius 2 is 1.53 bits per heavy atom. The SMILES string of the molecule is CCCCCOc1ccc(-c2nc3s/c(=C/c4cn(-c5ccccc5)nc4-c4ccc(OCCC(C)C)cc4)c(=O)n3n2)cc1. The summed E-state index contributed by atoms with van der Waals surface area (Å²) < 4.78 is 15.5. The van der Waals surface area contributed by atoms with E-state index in [-0.39, 0.29) is 5.56 Å². The second-order valence-corrected chi connectivity index (χ2v) is 12.4. The minimum atomic E-state index is -0.211. The van der Waals surface area contributed by atoms with E-state index in [1.807, 2.05) is 95.8 Å². The Kier molecular flexibility index (Phi) is 9.35. The molecule has 0 aliphatic carbocycles. The van der Waals surface area contributed by atoms with E-state index in [1.165, 1.54) is 15.9 Å². The van der Waals surface area contributed by atoms with Gasteiger partial charge in [-0.2, -0.15) is 14.6 Å². The van der Waals surface area contributed by atoms with Crippen LogP contribution in [0.15, 0.2) is 89.9 Å². The zero-order valence-electron chi connectivity index (χ0n) is 25.8. The van der Waals surface area contributed by atoms with Crippen LogP contribution in [0.3, 0.4) is 0 Å². The second kappa shape index (κ2) is 13.9. The number of hydrogen-bond acceptors (Lipinski definition) is 7. The van der Waals surface area contributed by atoms with E-state index < -0.39 is 0 Å². The zero-order valence-corrected chi connectivity index (χ0v) is 26.7. The number of aromatic nitrogens is 5. The molecule has 3 aromatic carbocycles. The standard InChI is InChI=1S/C36H37N5O3S/c1-4-5-9-21-43-30-18-14-27(15-19-30)34-37-36-41(39-34)35(42)32(45-36)23-28-24-40(29-10-7-6-8-11-29)38-33(28)26-12-16-31(17-13-26)44-22-20-25(2)3/h6-8,10-19,23-25H,4-5,9,20-22H2,1-3H3/b32-23+. The molecule has 3 heterocycles. The highest BCUT2D eigenvalue weighted by atomic mass is 32.1. The average molecular weight is 620 g/mol. The first-order chi connectivity index (χ1) is 22.0. The van der Waals surface area contributed by atoms with Crippen LogP contribution in [0, 0.1) is 5.92 Å². The Bertz CT molecular complexity index is 1960. The number of ether oxygens (including phenoxy) is 2. The monoisotopic (exact) mass is 619 g/mol. The minimum Gasteiger partial charge on any atom is -0.494 e. The quantitative estimate of drug-likeness (QED) is 0.127. The van der Waals surface area contributed by atoms with Gasteiger partial charge in [0.1, 0.15) is 17.2 Å². The van der Waals surface area contributed by atoms with Gasteiger partial charge < -0.3 is 9.47 Å². The van der Waals surface area contributed by atoms with Crippen LogP contribution in [0.4, 0.5) is 0 Å². The molecule has 0 atom stereocenters. The van der Waals surface area contributed by atoms with Crippen molar-refractivity contribution < 1.29 is 9.47 Å². The molecule has 0 unspecified atom stereocenters. The van der Waals surface area contributed by atoms with Crippen molar-refractivity contribution in [1.29, 1.82) is 0 Å². The van der Waals surface area contributed by atoms with Crippen LogP contribution in [0.5, 0.6) is 11.5 Å². The Hall–Kier alpha value is -4.76. The van der Waals surface area contributed by atoms with Gasteiger partial charge in [-0.05, 0) is 85.5 Å². The first-order valence-corrected chi connectivity index (χ1v) is 16.3. The zero-order chi connectivity index (χ0) is 31.2. The largest absolute Gasteiger partial charge is 0.494 e. The first-order valence-electron chi connectivity index (χ1n) is 15.5. The number of rotatable bonds is 13. The third-order valence-electron chi connectivity index (χ3n) is 7.45. The van der Waals surface area contributed by atoms with Crippen LogP contribution in [0.2, 0.25) is 0 Å². The van der Waals surface area contributed by atoms with Crippen molar-refractivity contribution in [2.45, 2.75) is 46.5 Å². The molecule has 0 radical (unpaired) electrons. The van der Waals surface area contributed by atoms with Gasteiger partial charge in [0.2, 0.25) is 4.96 Å². The van der Waals surface area contributed by atoms with Crippen molar-refractivity contribution in [2.75, 3.05) is 13.2 Å².